The van der Waals surface area contributed by atoms with Gasteiger partial charge in [0.15, 0.2) is 0 Å². The Bertz CT molecular complexity index is 346. The van der Waals surface area contributed by atoms with E-state index in [1.54, 1.807) is 0 Å². The summed E-state index contributed by atoms with van der Waals surface area (Å²) in [7, 11) is 0. The van der Waals surface area contributed by atoms with Crippen molar-refractivity contribution < 1.29 is 0 Å². The molecule has 2 unspecified atom stereocenters. The molecule has 0 amide bonds. The normalized spacial score (nSPS) is 26.6. The average molecular weight is 204 g/mol. The molecule has 2 nitrogen and oxygen atoms in total. The van der Waals surface area contributed by atoms with Crippen LogP contribution >= 0.6 is 0 Å². The zero-order valence-electron chi connectivity index (χ0n) is 9.59. The highest BCUT2D eigenvalue weighted by Gasteiger charge is 2.24. The minimum absolute atomic E-state index is 0.313. The number of nitrogens with one attached hydrogen (secondary N) is 1. The van der Waals surface area contributed by atoms with Gasteiger partial charge in [-0.3, -0.25) is 0 Å². The molecule has 0 spiro atoms. The smallest absolute Gasteiger partial charge is 0.0132 e. The van der Waals surface area contributed by atoms with E-state index in [0.717, 1.165) is 19.5 Å². The van der Waals surface area contributed by atoms with Gasteiger partial charge < -0.3 is 11.1 Å². The van der Waals surface area contributed by atoms with Gasteiger partial charge >= 0.3 is 0 Å². The van der Waals surface area contributed by atoms with Crippen molar-refractivity contribution in [2.45, 2.75) is 32.2 Å². The Morgan fingerprint density at radius 2 is 2.13 bits per heavy atom. The quantitative estimate of drug-likeness (QED) is 0.731. The van der Waals surface area contributed by atoms with E-state index in [1.165, 1.54) is 16.7 Å². The van der Waals surface area contributed by atoms with Crippen LogP contribution in [0.5, 0.6) is 0 Å². The van der Waals surface area contributed by atoms with E-state index < -0.39 is 0 Å². The van der Waals surface area contributed by atoms with Gasteiger partial charge in [-0.2, -0.15) is 0 Å². The van der Waals surface area contributed by atoms with Crippen LogP contribution in [-0.2, 0) is 0 Å². The van der Waals surface area contributed by atoms with Crippen LogP contribution in [0.4, 0.5) is 0 Å². The zero-order valence-corrected chi connectivity index (χ0v) is 9.59. The predicted molar refractivity (Wildman–Crippen MR) is 64.1 cm³/mol. The average Bonchev–Trinajstić information content (AvgIpc) is 2.20. The largest absolute Gasteiger partial charge is 0.327 e. The van der Waals surface area contributed by atoms with Crippen LogP contribution in [0.3, 0.4) is 0 Å². The van der Waals surface area contributed by atoms with Gasteiger partial charge in [0.2, 0.25) is 0 Å². The first-order valence-corrected chi connectivity index (χ1v) is 5.72. The molecule has 1 aromatic rings. The lowest BCUT2D eigenvalue weighted by Gasteiger charge is -2.30. The maximum Gasteiger partial charge on any atom is 0.0132 e. The SMILES string of the molecule is Cc1ccc(C2CNCCC2N)c(C)c1. The molecule has 0 bridgehead atoms. The molecule has 0 radical (unpaired) electrons. The highest BCUT2D eigenvalue weighted by molar-refractivity contribution is 5.34. The highest BCUT2D eigenvalue weighted by Crippen LogP contribution is 2.25. The van der Waals surface area contributed by atoms with E-state index in [1.807, 2.05) is 0 Å². The molecule has 3 N–H and O–H groups in total. The molecule has 1 fully saturated rings. The first-order valence-electron chi connectivity index (χ1n) is 5.72. The Balaban J connectivity index is 2.27. The molecule has 1 aliphatic rings. The minimum Gasteiger partial charge on any atom is -0.327 e. The van der Waals surface area contributed by atoms with E-state index >= 15 is 0 Å². The van der Waals surface area contributed by atoms with Crippen LogP contribution in [0.1, 0.15) is 29.0 Å². The van der Waals surface area contributed by atoms with Gasteiger partial charge in [0, 0.05) is 18.5 Å². The van der Waals surface area contributed by atoms with E-state index in [-0.39, 0.29) is 0 Å². The lowest BCUT2D eigenvalue weighted by molar-refractivity contribution is 0.402. The van der Waals surface area contributed by atoms with Gasteiger partial charge in [0.05, 0.1) is 0 Å². The first-order chi connectivity index (χ1) is 7.18. The lowest BCUT2D eigenvalue weighted by Crippen LogP contribution is -2.43. The molecule has 1 heterocycles. The van der Waals surface area contributed by atoms with Crippen LogP contribution in [0.2, 0.25) is 0 Å². The van der Waals surface area contributed by atoms with Crippen molar-refractivity contribution in [1.29, 1.82) is 0 Å². The zero-order chi connectivity index (χ0) is 10.8. The van der Waals surface area contributed by atoms with Gasteiger partial charge in [-0.15, -0.1) is 0 Å². The van der Waals surface area contributed by atoms with Gasteiger partial charge in [0.1, 0.15) is 0 Å². The Hall–Kier alpha value is -0.860. The molecule has 2 atom stereocenters. The number of benzene rings is 1. The summed E-state index contributed by atoms with van der Waals surface area (Å²) in [5.41, 5.74) is 10.3. The van der Waals surface area contributed by atoms with Crippen molar-refractivity contribution in [3.8, 4) is 0 Å². The topological polar surface area (TPSA) is 38.0 Å². The minimum atomic E-state index is 0.313. The van der Waals surface area contributed by atoms with Gasteiger partial charge in [-0.05, 0) is 37.9 Å². The van der Waals surface area contributed by atoms with E-state index in [2.05, 4.69) is 37.4 Å². The Labute approximate surface area is 91.9 Å². The molecule has 0 saturated carbocycles. The van der Waals surface area contributed by atoms with Crippen molar-refractivity contribution in [3.63, 3.8) is 0 Å². The van der Waals surface area contributed by atoms with Crippen molar-refractivity contribution in [2.75, 3.05) is 13.1 Å². The molecule has 1 aliphatic heterocycles. The van der Waals surface area contributed by atoms with Crippen LogP contribution in [-0.4, -0.2) is 19.1 Å². The summed E-state index contributed by atoms with van der Waals surface area (Å²) < 4.78 is 0. The Morgan fingerprint density at radius 3 is 2.80 bits per heavy atom. The third-order valence-corrected chi connectivity index (χ3v) is 3.36. The number of hydrogen-bond donors (Lipinski definition) is 2. The van der Waals surface area contributed by atoms with E-state index in [9.17, 15) is 0 Å². The third-order valence-electron chi connectivity index (χ3n) is 3.36. The fourth-order valence-corrected chi connectivity index (χ4v) is 2.46. The van der Waals surface area contributed by atoms with Crippen LogP contribution < -0.4 is 11.1 Å². The summed E-state index contributed by atoms with van der Waals surface area (Å²) in [5, 5.41) is 3.43. The van der Waals surface area contributed by atoms with Crippen molar-refractivity contribution in [1.82, 2.24) is 5.32 Å². The van der Waals surface area contributed by atoms with Gasteiger partial charge in [-0.25, -0.2) is 0 Å². The summed E-state index contributed by atoms with van der Waals surface area (Å²) >= 11 is 0. The Morgan fingerprint density at radius 1 is 1.33 bits per heavy atom. The van der Waals surface area contributed by atoms with E-state index in [0.29, 0.717) is 12.0 Å². The predicted octanol–water partition coefficient (Wildman–Crippen LogP) is 1.71. The van der Waals surface area contributed by atoms with Crippen molar-refractivity contribution in [3.05, 3.63) is 34.9 Å². The highest BCUT2D eigenvalue weighted by atomic mass is 14.9. The first kappa shape index (κ1) is 10.7. The summed E-state index contributed by atoms with van der Waals surface area (Å²) in [6, 6.07) is 6.98. The van der Waals surface area contributed by atoms with E-state index in [4.69, 9.17) is 5.73 Å². The summed E-state index contributed by atoms with van der Waals surface area (Å²) in [4.78, 5) is 0. The Kier molecular flexibility index (Phi) is 3.08. The molecule has 0 aromatic heterocycles. The molecule has 82 valence electrons. The summed E-state index contributed by atoms with van der Waals surface area (Å²) in [5.74, 6) is 0.486. The standard InChI is InChI=1S/C13H20N2/c1-9-3-4-11(10(2)7-9)12-8-15-6-5-13(12)14/h3-4,7,12-13,15H,5-6,8,14H2,1-2H3. The summed E-state index contributed by atoms with van der Waals surface area (Å²) in [6.07, 6.45) is 1.08. The molecule has 15 heavy (non-hydrogen) atoms. The number of aryl methyl sites for hydroxylation is 2. The molecule has 0 aliphatic carbocycles. The van der Waals surface area contributed by atoms with Crippen molar-refractivity contribution >= 4 is 0 Å². The van der Waals surface area contributed by atoms with Crippen LogP contribution in [0, 0.1) is 13.8 Å². The fourth-order valence-electron chi connectivity index (χ4n) is 2.46. The molecule has 1 aromatic carbocycles. The lowest BCUT2D eigenvalue weighted by atomic mass is 9.85. The number of piperidine rings is 1. The number of rotatable bonds is 1. The molecular weight excluding hydrogens is 184 g/mol. The second kappa shape index (κ2) is 4.33. The third kappa shape index (κ3) is 2.21. The van der Waals surface area contributed by atoms with Gasteiger partial charge in [0.25, 0.3) is 0 Å². The number of nitrogens with two attached hydrogens (primary N) is 1. The van der Waals surface area contributed by atoms with Gasteiger partial charge in [-0.1, -0.05) is 23.8 Å². The second-order valence-corrected chi connectivity index (χ2v) is 4.62. The van der Waals surface area contributed by atoms with Crippen LogP contribution in [0.25, 0.3) is 0 Å². The summed E-state index contributed by atoms with van der Waals surface area (Å²) in [6.45, 7) is 6.40. The fraction of sp³-hybridized carbons (Fsp3) is 0.538. The molecule has 2 heteroatoms. The molecule has 2 rings (SSSR count). The maximum absolute atomic E-state index is 6.18. The van der Waals surface area contributed by atoms with Crippen molar-refractivity contribution in [2.24, 2.45) is 5.73 Å². The molecule has 1 saturated heterocycles. The second-order valence-electron chi connectivity index (χ2n) is 4.62. The maximum atomic E-state index is 6.18. The molecular formula is C13H20N2. The monoisotopic (exact) mass is 204 g/mol. The van der Waals surface area contributed by atoms with Crippen LogP contribution in [0.15, 0.2) is 18.2 Å². The number of hydrogen-bond acceptors (Lipinski definition) is 2.